The summed E-state index contributed by atoms with van der Waals surface area (Å²) >= 11 is 0. The molecule has 0 bridgehead atoms. The molecule has 1 amide bonds. The number of carbonyl (C=O) groups excluding carboxylic acids is 1. The SMILES string of the molecule is COc1cc(C#N)cc(OC(C)C(=O)N2CCNCC2)c1. The molecule has 21 heavy (non-hydrogen) atoms. The van der Waals surface area contributed by atoms with Crippen LogP contribution in [0.25, 0.3) is 0 Å². The van der Waals surface area contributed by atoms with E-state index < -0.39 is 6.10 Å². The number of rotatable bonds is 4. The number of piperazine rings is 1. The summed E-state index contributed by atoms with van der Waals surface area (Å²) in [7, 11) is 1.52. The first-order valence-corrected chi connectivity index (χ1v) is 6.89. The van der Waals surface area contributed by atoms with Gasteiger partial charge in [-0.25, -0.2) is 0 Å². The van der Waals surface area contributed by atoms with Gasteiger partial charge in [0, 0.05) is 32.2 Å². The molecule has 1 atom stereocenters. The molecule has 1 saturated heterocycles. The average molecular weight is 289 g/mol. The monoisotopic (exact) mass is 289 g/mol. The van der Waals surface area contributed by atoms with E-state index in [0.717, 1.165) is 13.1 Å². The number of nitriles is 1. The number of hydrogen-bond donors (Lipinski definition) is 1. The lowest BCUT2D eigenvalue weighted by Crippen LogP contribution is -2.50. The lowest BCUT2D eigenvalue weighted by molar-refractivity contribution is -0.138. The van der Waals surface area contributed by atoms with Gasteiger partial charge in [0.2, 0.25) is 0 Å². The molecule has 0 aliphatic carbocycles. The van der Waals surface area contributed by atoms with Crippen LogP contribution >= 0.6 is 0 Å². The van der Waals surface area contributed by atoms with Crippen molar-refractivity contribution in [3.05, 3.63) is 23.8 Å². The summed E-state index contributed by atoms with van der Waals surface area (Å²) in [6, 6.07) is 6.94. The summed E-state index contributed by atoms with van der Waals surface area (Å²) in [5.41, 5.74) is 0.436. The summed E-state index contributed by atoms with van der Waals surface area (Å²) in [6.07, 6.45) is -0.596. The van der Waals surface area contributed by atoms with Crippen molar-refractivity contribution in [3.63, 3.8) is 0 Å². The van der Waals surface area contributed by atoms with Crippen LogP contribution < -0.4 is 14.8 Å². The molecule has 1 aliphatic rings. The minimum absolute atomic E-state index is 0.0437. The topological polar surface area (TPSA) is 74.6 Å². The molecule has 0 radical (unpaired) electrons. The highest BCUT2D eigenvalue weighted by molar-refractivity contribution is 5.81. The molecule has 6 heteroatoms. The zero-order valence-electron chi connectivity index (χ0n) is 12.3. The molecular weight excluding hydrogens is 270 g/mol. The molecule has 0 saturated carbocycles. The maximum Gasteiger partial charge on any atom is 0.263 e. The summed E-state index contributed by atoms with van der Waals surface area (Å²) in [6.45, 7) is 4.70. The summed E-state index contributed by atoms with van der Waals surface area (Å²) < 4.78 is 10.8. The second-order valence-electron chi connectivity index (χ2n) is 4.84. The molecule has 1 aliphatic heterocycles. The van der Waals surface area contributed by atoms with Crippen LogP contribution in [-0.2, 0) is 4.79 Å². The van der Waals surface area contributed by atoms with Crippen molar-refractivity contribution in [2.75, 3.05) is 33.3 Å². The predicted octanol–water partition coefficient (Wildman–Crippen LogP) is 0.766. The van der Waals surface area contributed by atoms with Crippen molar-refractivity contribution in [2.45, 2.75) is 13.0 Å². The molecule has 1 fully saturated rings. The number of hydrogen-bond acceptors (Lipinski definition) is 5. The smallest absolute Gasteiger partial charge is 0.263 e. The van der Waals surface area contributed by atoms with Gasteiger partial charge in [0.15, 0.2) is 6.10 Å². The minimum atomic E-state index is -0.596. The van der Waals surface area contributed by atoms with E-state index >= 15 is 0 Å². The Morgan fingerprint density at radius 3 is 2.62 bits per heavy atom. The van der Waals surface area contributed by atoms with Gasteiger partial charge in [-0.3, -0.25) is 4.79 Å². The van der Waals surface area contributed by atoms with Gasteiger partial charge in [-0.2, -0.15) is 5.26 Å². The molecule has 0 spiro atoms. The third kappa shape index (κ3) is 3.86. The van der Waals surface area contributed by atoms with E-state index in [1.807, 2.05) is 6.07 Å². The maximum absolute atomic E-state index is 12.3. The van der Waals surface area contributed by atoms with E-state index in [-0.39, 0.29) is 5.91 Å². The average Bonchev–Trinajstić information content (AvgIpc) is 2.54. The quantitative estimate of drug-likeness (QED) is 0.886. The summed E-state index contributed by atoms with van der Waals surface area (Å²) in [5, 5.41) is 12.2. The Morgan fingerprint density at radius 2 is 2.00 bits per heavy atom. The molecule has 6 nitrogen and oxygen atoms in total. The van der Waals surface area contributed by atoms with Crippen LogP contribution in [0.5, 0.6) is 11.5 Å². The van der Waals surface area contributed by atoms with Crippen molar-refractivity contribution in [2.24, 2.45) is 0 Å². The Hall–Kier alpha value is -2.26. The standard InChI is InChI=1S/C15H19N3O3/c1-11(15(19)18-5-3-17-4-6-18)21-14-8-12(10-16)7-13(9-14)20-2/h7-9,11,17H,3-6H2,1-2H3. The van der Waals surface area contributed by atoms with E-state index in [1.54, 1.807) is 30.0 Å². The number of benzene rings is 1. The van der Waals surface area contributed by atoms with Gasteiger partial charge >= 0.3 is 0 Å². The van der Waals surface area contributed by atoms with Gasteiger partial charge in [0.25, 0.3) is 5.91 Å². The Balaban J connectivity index is 2.06. The molecule has 1 unspecified atom stereocenters. The van der Waals surface area contributed by atoms with E-state index in [2.05, 4.69) is 5.32 Å². The van der Waals surface area contributed by atoms with Crippen molar-refractivity contribution in [1.82, 2.24) is 10.2 Å². The first-order chi connectivity index (χ1) is 10.1. The Labute approximate surface area is 124 Å². The van der Waals surface area contributed by atoms with Crippen LogP contribution in [0.15, 0.2) is 18.2 Å². The van der Waals surface area contributed by atoms with E-state index in [4.69, 9.17) is 14.7 Å². The Kier molecular flexibility index (Phi) is 5.01. The van der Waals surface area contributed by atoms with E-state index in [0.29, 0.717) is 30.2 Å². The third-order valence-corrected chi connectivity index (χ3v) is 3.33. The zero-order valence-corrected chi connectivity index (χ0v) is 12.3. The number of methoxy groups -OCH3 is 1. The molecular formula is C15H19N3O3. The molecule has 2 rings (SSSR count). The number of nitrogens with zero attached hydrogens (tertiary/aromatic N) is 2. The fourth-order valence-corrected chi connectivity index (χ4v) is 2.22. The fraction of sp³-hybridized carbons (Fsp3) is 0.467. The van der Waals surface area contributed by atoms with Crippen molar-refractivity contribution < 1.29 is 14.3 Å². The third-order valence-electron chi connectivity index (χ3n) is 3.33. The highest BCUT2D eigenvalue weighted by Gasteiger charge is 2.23. The second kappa shape index (κ2) is 6.95. The predicted molar refractivity (Wildman–Crippen MR) is 77.2 cm³/mol. The largest absolute Gasteiger partial charge is 0.497 e. The summed E-state index contributed by atoms with van der Waals surface area (Å²) in [5.74, 6) is 0.950. The normalized spacial score (nSPS) is 16.0. The Morgan fingerprint density at radius 1 is 1.33 bits per heavy atom. The van der Waals surface area contributed by atoms with Gasteiger partial charge in [-0.05, 0) is 19.1 Å². The van der Waals surface area contributed by atoms with Crippen LogP contribution in [0.3, 0.4) is 0 Å². The van der Waals surface area contributed by atoms with Gasteiger partial charge < -0.3 is 19.7 Å². The summed E-state index contributed by atoms with van der Waals surface area (Å²) in [4.78, 5) is 14.1. The fourth-order valence-electron chi connectivity index (χ4n) is 2.22. The number of nitrogens with one attached hydrogen (secondary N) is 1. The molecule has 1 heterocycles. The first kappa shape index (κ1) is 15.1. The van der Waals surface area contributed by atoms with Crippen LogP contribution in [0.2, 0.25) is 0 Å². The number of amides is 1. The highest BCUT2D eigenvalue weighted by atomic mass is 16.5. The van der Waals surface area contributed by atoms with Crippen molar-refractivity contribution in [3.8, 4) is 17.6 Å². The zero-order chi connectivity index (χ0) is 15.2. The van der Waals surface area contributed by atoms with Crippen LogP contribution in [0.1, 0.15) is 12.5 Å². The molecule has 112 valence electrons. The lowest BCUT2D eigenvalue weighted by atomic mass is 10.2. The van der Waals surface area contributed by atoms with Crippen LogP contribution in [-0.4, -0.2) is 50.2 Å². The van der Waals surface area contributed by atoms with Gasteiger partial charge in [0.1, 0.15) is 11.5 Å². The van der Waals surface area contributed by atoms with Crippen LogP contribution in [0, 0.1) is 11.3 Å². The van der Waals surface area contributed by atoms with Crippen molar-refractivity contribution >= 4 is 5.91 Å². The molecule has 0 aromatic heterocycles. The second-order valence-corrected chi connectivity index (χ2v) is 4.84. The van der Waals surface area contributed by atoms with Gasteiger partial charge in [0.05, 0.1) is 18.7 Å². The molecule has 1 N–H and O–H groups in total. The lowest BCUT2D eigenvalue weighted by Gasteiger charge is -2.29. The molecule has 1 aromatic carbocycles. The molecule has 1 aromatic rings. The van der Waals surface area contributed by atoms with Crippen LogP contribution in [0.4, 0.5) is 0 Å². The minimum Gasteiger partial charge on any atom is -0.497 e. The number of ether oxygens (including phenoxy) is 2. The Bertz CT molecular complexity index is 548. The van der Waals surface area contributed by atoms with Gasteiger partial charge in [-0.1, -0.05) is 0 Å². The number of carbonyl (C=O) groups is 1. The first-order valence-electron chi connectivity index (χ1n) is 6.89. The van der Waals surface area contributed by atoms with Crippen molar-refractivity contribution in [1.29, 1.82) is 5.26 Å². The van der Waals surface area contributed by atoms with E-state index in [9.17, 15) is 4.79 Å². The van der Waals surface area contributed by atoms with Gasteiger partial charge in [-0.15, -0.1) is 0 Å². The maximum atomic E-state index is 12.3. The highest BCUT2D eigenvalue weighted by Crippen LogP contribution is 2.23. The van der Waals surface area contributed by atoms with E-state index in [1.165, 1.54) is 7.11 Å².